The summed E-state index contributed by atoms with van der Waals surface area (Å²) in [5.41, 5.74) is 2.85. The van der Waals surface area contributed by atoms with Crippen molar-refractivity contribution in [3.05, 3.63) is 11.1 Å². The highest BCUT2D eigenvalue weighted by Gasteiger charge is 2.19. The van der Waals surface area contributed by atoms with E-state index >= 15 is 0 Å². The van der Waals surface area contributed by atoms with Gasteiger partial charge in [-0.25, -0.2) is 0 Å². The number of likely N-dealkylation sites (tertiary alicyclic amines) is 1. The average molecular weight is 234 g/mol. The number of rotatable bonds is 5. The number of ether oxygens (including phenoxy) is 1. The lowest BCUT2D eigenvalue weighted by atomic mass is 10.1. The number of halogens is 1. The lowest BCUT2D eigenvalue weighted by Gasteiger charge is -2.31. The molecule has 1 aliphatic heterocycles. The molecule has 88 valence electrons. The molecular weight excluding hydrogens is 214 g/mol. The molecule has 0 bridgehead atoms. The summed E-state index contributed by atoms with van der Waals surface area (Å²) in [5, 5.41) is 8.64. The highest BCUT2D eigenvalue weighted by molar-refractivity contribution is 6.25. The molecule has 0 radical (unpaired) electrons. The quantitative estimate of drug-likeness (QED) is 0.783. The van der Waals surface area contributed by atoms with Gasteiger partial charge in [0.25, 0.3) is 0 Å². The molecular formula is C11H20ClNO2. The first-order valence-corrected chi connectivity index (χ1v) is 5.90. The average Bonchev–Trinajstić information content (AvgIpc) is 2.28. The van der Waals surface area contributed by atoms with Crippen molar-refractivity contribution in [2.45, 2.75) is 25.9 Å². The first-order chi connectivity index (χ1) is 7.26. The molecule has 0 unspecified atom stereocenters. The van der Waals surface area contributed by atoms with Crippen molar-refractivity contribution < 1.29 is 9.84 Å². The molecule has 4 heteroatoms. The lowest BCUT2D eigenvalue weighted by Crippen LogP contribution is -2.38. The minimum atomic E-state index is 0.119. The minimum Gasteiger partial charge on any atom is -0.394 e. The van der Waals surface area contributed by atoms with Gasteiger partial charge in [-0.3, -0.25) is 4.90 Å². The topological polar surface area (TPSA) is 32.7 Å². The van der Waals surface area contributed by atoms with Crippen molar-refractivity contribution in [1.82, 2.24) is 4.90 Å². The zero-order valence-electron chi connectivity index (χ0n) is 9.29. The molecule has 1 fully saturated rings. The number of piperidine rings is 1. The summed E-state index contributed by atoms with van der Waals surface area (Å²) in [6.07, 6.45) is 2.43. The third-order valence-electron chi connectivity index (χ3n) is 2.64. The molecule has 3 nitrogen and oxygen atoms in total. The Morgan fingerprint density at radius 2 is 2.20 bits per heavy atom. The van der Waals surface area contributed by atoms with Crippen LogP contribution >= 0.6 is 11.6 Å². The Kier molecular flexibility index (Phi) is 6.25. The molecule has 1 heterocycles. The number of aliphatic hydroxyl groups excluding tert-OH is 1. The maximum atomic E-state index is 8.64. The van der Waals surface area contributed by atoms with Crippen LogP contribution in [0, 0.1) is 0 Å². The van der Waals surface area contributed by atoms with Crippen LogP contribution in [0.5, 0.6) is 0 Å². The number of aliphatic hydroxyl groups is 1. The first kappa shape index (κ1) is 13.0. The van der Waals surface area contributed by atoms with Crippen LogP contribution in [0.25, 0.3) is 0 Å². The van der Waals surface area contributed by atoms with E-state index in [9.17, 15) is 0 Å². The second-order valence-corrected chi connectivity index (χ2v) is 4.24. The molecule has 1 N–H and O–H groups in total. The molecule has 0 aromatic carbocycles. The Bertz CT molecular complexity index is 201. The maximum absolute atomic E-state index is 8.64. The molecule has 15 heavy (non-hydrogen) atoms. The van der Waals surface area contributed by atoms with Crippen LogP contribution in [0.15, 0.2) is 11.1 Å². The monoisotopic (exact) mass is 233 g/mol. The highest BCUT2D eigenvalue weighted by Crippen LogP contribution is 2.14. The van der Waals surface area contributed by atoms with Gasteiger partial charge in [-0.15, -0.1) is 0 Å². The largest absolute Gasteiger partial charge is 0.394 e. The summed E-state index contributed by atoms with van der Waals surface area (Å²) in [5.74, 6) is 0. The second-order valence-electron chi connectivity index (χ2n) is 4.03. The summed E-state index contributed by atoms with van der Waals surface area (Å²) < 4.78 is 5.49. The Morgan fingerprint density at radius 3 is 2.73 bits per heavy atom. The van der Waals surface area contributed by atoms with Crippen LogP contribution in [-0.4, -0.2) is 49.0 Å². The van der Waals surface area contributed by atoms with Crippen molar-refractivity contribution in [1.29, 1.82) is 0 Å². The van der Waals surface area contributed by atoms with Gasteiger partial charge in [0.15, 0.2) is 0 Å². The molecule has 0 aromatic rings. The predicted octanol–water partition coefficient (Wildman–Crippen LogP) is 1.60. The van der Waals surface area contributed by atoms with E-state index in [1.165, 1.54) is 5.57 Å². The van der Waals surface area contributed by atoms with E-state index in [4.69, 9.17) is 21.4 Å². The van der Waals surface area contributed by atoms with Crippen molar-refractivity contribution in [3.63, 3.8) is 0 Å². The summed E-state index contributed by atoms with van der Waals surface area (Å²) in [6.45, 7) is 5.69. The second kappa shape index (κ2) is 7.23. The van der Waals surface area contributed by atoms with Gasteiger partial charge in [0.1, 0.15) is 0 Å². The maximum Gasteiger partial charge on any atom is 0.0701 e. The van der Waals surface area contributed by atoms with E-state index in [1.807, 2.05) is 6.92 Å². The van der Waals surface area contributed by atoms with Crippen molar-refractivity contribution in [3.8, 4) is 0 Å². The summed E-state index contributed by atoms with van der Waals surface area (Å²) >= 11 is 5.63. The van der Waals surface area contributed by atoms with Gasteiger partial charge in [-0.2, -0.15) is 0 Å². The third kappa shape index (κ3) is 4.98. The fourth-order valence-corrected chi connectivity index (χ4v) is 1.91. The van der Waals surface area contributed by atoms with Crippen LogP contribution < -0.4 is 0 Å². The van der Waals surface area contributed by atoms with Gasteiger partial charge in [-0.05, 0) is 25.3 Å². The minimum absolute atomic E-state index is 0.119. The van der Waals surface area contributed by atoms with Crippen molar-refractivity contribution in [2.75, 3.05) is 32.8 Å². The summed E-state index contributed by atoms with van der Waals surface area (Å²) in [4.78, 5) is 2.38. The standard InChI is InChI=1S/C11H20ClNO2/c1-10(8-12)9-13-4-2-11(3-5-13)15-7-6-14/h8,11,14H,2-7,9H2,1H3. The molecule has 1 rings (SSSR count). The van der Waals surface area contributed by atoms with Crippen LogP contribution in [-0.2, 0) is 4.74 Å². The third-order valence-corrected chi connectivity index (χ3v) is 3.01. The van der Waals surface area contributed by atoms with Gasteiger partial charge < -0.3 is 9.84 Å². The normalized spacial score (nSPS) is 20.9. The molecule has 0 aliphatic carbocycles. The molecule has 0 spiro atoms. The van der Waals surface area contributed by atoms with Gasteiger partial charge in [0.05, 0.1) is 19.3 Å². The van der Waals surface area contributed by atoms with Crippen LogP contribution in [0.1, 0.15) is 19.8 Å². The highest BCUT2D eigenvalue weighted by atomic mass is 35.5. The zero-order chi connectivity index (χ0) is 11.1. The van der Waals surface area contributed by atoms with E-state index in [-0.39, 0.29) is 6.61 Å². The molecule has 1 saturated heterocycles. The summed E-state index contributed by atoms with van der Waals surface area (Å²) in [6, 6.07) is 0. The predicted molar refractivity (Wildman–Crippen MR) is 62.1 cm³/mol. The molecule has 0 saturated carbocycles. The fourth-order valence-electron chi connectivity index (χ4n) is 1.84. The van der Waals surface area contributed by atoms with Gasteiger partial charge >= 0.3 is 0 Å². The van der Waals surface area contributed by atoms with Gasteiger partial charge in [0, 0.05) is 25.2 Å². The molecule has 0 atom stereocenters. The zero-order valence-corrected chi connectivity index (χ0v) is 10.0. The SMILES string of the molecule is CC(=CCl)CN1CCC(OCCO)CC1. The first-order valence-electron chi connectivity index (χ1n) is 5.47. The summed E-state index contributed by atoms with van der Waals surface area (Å²) in [7, 11) is 0. The van der Waals surface area contributed by atoms with E-state index in [0.717, 1.165) is 32.5 Å². The molecule has 0 amide bonds. The molecule has 1 aliphatic rings. The van der Waals surface area contributed by atoms with Crippen LogP contribution in [0.4, 0.5) is 0 Å². The van der Waals surface area contributed by atoms with Gasteiger partial charge in [0.2, 0.25) is 0 Å². The van der Waals surface area contributed by atoms with Crippen molar-refractivity contribution in [2.24, 2.45) is 0 Å². The lowest BCUT2D eigenvalue weighted by molar-refractivity contribution is -0.00626. The Hall–Kier alpha value is -0.0900. The van der Waals surface area contributed by atoms with Crippen LogP contribution in [0.3, 0.4) is 0 Å². The van der Waals surface area contributed by atoms with E-state index in [2.05, 4.69) is 4.90 Å². The fraction of sp³-hybridized carbons (Fsp3) is 0.818. The number of nitrogens with zero attached hydrogens (tertiary/aromatic N) is 1. The Morgan fingerprint density at radius 1 is 1.53 bits per heavy atom. The van der Waals surface area contributed by atoms with E-state index < -0.39 is 0 Å². The van der Waals surface area contributed by atoms with Crippen molar-refractivity contribution >= 4 is 11.6 Å². The smallest absolute Gasteiger partial charge is 0.0701 e. The van der Waals surface area contributed by atoms with E-state index in [1.54, 1.807) is 5.54 Å². The Balaban J connectivity index is 2.18. The number of hydrogen-bond acceptors (Lipinski definition) is 3. The van der Waals surface area contributed by atoms with Crippen LogP contribution in [0.2, 0.25) is 0 Å². The number of hydrogen-bond donors (Lipinski definition) is 1. The Labute approximate surface area is 96.7 Å². The molecule has 0 aromatic heterocycles. The van der Waals surface area contributed by atoms with Gasteiger partial charge in [-0.1, -0.05) is 11.6 Å². The van der Waals surface area contributed by atoms with E-state index in [0.29, 0.717) is 12.7 Å².